The zero-order valence-electron chi connectivity index (χ0n) is 83.7. The number of rotatable bonds is 0. The number of nitrogens with zero attached hydrogens (tertiary/aromatic N) is 2. The maximum absolute atomic E-state index is 5.21. The molecular weight excluding hydrogens is 1420 g/mol. The van der Waals surface area contributed by atoms with E-state index in [0.717, 1.165) is 111 Å². The molecule has 0 amide bonds. The zero-order chi connectivity index (χ0) is 90.1. The van der Waals surface area contributed by atoms with Crippen LogP contribution in [0.15, 0.2) is 160 Å². The third-order valence-corrected chi connectivity index (χ3v) is 18.9. The Balaban J connectivity index is -0.0000000950. The largest absolute Gasteiger partial charge is 0.498 e. The maximum atomic E-state index is 5.21. The molecular formula is C98H193N5O7S2. The number of hydrogen-bond donors (Lipinski definition) is 3. The third kappa shape index (κ3) is 79.9. The molecule has 3 N–H and O–H groups in total. The number of aromatic nitrogens is 2. The lowest BCUT2D eigenvalue weighted by Crippen LogP contribution is -2.24. The molecule has 1 aromatic rings. The minimum Gasteiger partial charge on any atom is -0.498 e. The molecule has 1 aromatic heterocycles. The molecule has 9 aliphatic heterocycles. The van der Waals surface area contributed by atoms with Gasteiger partial charge in [0.05, 0.1) is 37.0 Å². The highest BCUT2D eigenvalue weighted by atomic mass is 32.2. The molecule has 0 spiro atoms. The molecule has 12 nitrogen and oxygen atoms in total. The van der Waals surface area contributed by atoms with E-state index in [0.29, 0.717) is 20.0 Å². The van der Waals surface area contributed by atoms with Crippen LogP contribution in [0.4, 0.5) is 0 Å². The second kappa shape index (κ2) is 102. The monoisotopic (exact) mass is 1620 g/mol. The van der Waals surface area contributed by atoms with Crippen LogP contribution in [0.1, 0.15) is 368 Å². The average Bonchev–Trinajstić information content (AvgIpc) is 1.73. The van der Waals surface area contributed by atoms with E-state index in [1.54, 1.807) is 39.6 Å². The Labute approximate surface area is 710 Å². The first-order valence-electron chi connectivity index (χ1n) is 43.8. The van der Waals surface area contributed by atoms with Gasteiger partial charge in [-0.15, -0.1) is 11.8 Å². The fourth-order valence-corrected chi connectivity index (χ4v) is 10.1. The lowest BCUT2D eigenvalue weighted by molar-refractivity contribution is 0.0648. The van der Waals surface area contributed by atoms with Gasteiger partial charge in [-0.1, -0.05) is 246 Å². The molecule has 0 aromatic carbocycles. The second-order valence-electron chi connectivity index (χ2n) is 23.7. The van der Waals surface area contributed by atoms with E-state index in [9.17, 15) is 0 Å². The van der Waals surface area contributed by atoms with Crippen molar-refractivity contribution in [3.05, 3.63) is 171 Å². The SMILES string of the molecule is CC.CC.CC.CC.CC.CC.CC.CC.CC.CC.CC.CC.CC1=C(C)CC=C1.CC1=C(C)CCC=C1.CC1=C(C)CNC1.CC1=C(C)COC1.CC1=C(C)CSC1.CC1=C(C)NCC1.CC1=C(C)OCC1.CC1=C(C)OCCN1.CC1=C(C)OCCO1.CC1=C(C)OCO1.CC1=C(C)SCC1.Cc1nccnc1C. The van der Waals surface area contributed by atoms with Crippen molar-refractivity contribution in [3.63, 3.8) is 0 Å². The molecule has 0 atom stereocenters. The molecule has 11 aliphatic rings. The van der Waals surface area contributed by atoms with Crippen LogP contribution >= 0.6 is 23.5 Å². The Kier molecular flexibility index (Phi) is 121. The van der Waals surface area contributed by atoms with Crippen LogP contribution in [0.2, 0.25) is 0 Å². The molecule has 0 fully saturated rings. The zero-order valence-corrected chi connectivity index (χ0v) is 85.3. The van der Waals surface area contributed by atoms with E-state index < -0.39 is 0 Å². The average molecular weight is 1620 g/mol. The topological polar surface area (TPSA) is 126 Å². The van der Waals surface area contributed by atoms with E-state index in [4.69, 9.17) is 33.2 Å². The van der Waals surface area contributed by atoms with Crippen molar-refractivity contribution >= 4 is 23.5 Å². The van der Waals surface area contributed by atoms with Gasteiger partial charge < -0.3 is 49.1 Å². The highest BCUT2D eigenvalue weighted by Gasteiger charge is 2.10. The van der Waals surface area contributed by atoms with E-state index >= 15 is 0 Å². The summed E-state index contributed by atoms with van der Waals surface area (Å²) in [4.78, 5) is 9.57. The summed E-state index contributed by atoms with van der Waals surface area (Å²) in [5.74, 6) is 9.64. The van der Waals surface area contributed by atoms with Gasteiger partial charge in [0.1, 0.15) is 48.6 Å². The molecule has 2 aliphatic carbocycles. The summed E-state index contributed by atoms with van der Waals surface area (Å²) in [6.07, 6.45) is 19.6. The molecule has 0 radical (unpaired) electrons. The summed E-state index contributed by atoms with van der Waals surface area (Å²) >= 11 is 4.00. The van der Waals surface area contributed by atoms with E-state index in [2.05, 4.69) is 154 Å². The van der Waals surface area contributed by atoms with Gasteiger partial charge in [0.25, 0.3) is 0 Å². The van der Waals surface area contributed by atoms with Crippen molar-refractivity contribution in [2.24, 2.45) is 0 Å². The molecule has 10 heterocycles. The van der Waals surface area contributed by atoms with Gasteiger partial charge in [-0.2, -0.15) is 11.8 Å². The Bertz CT molecular complexity index is 2310. The molecule has 664 valence electrons. The minimum atomic E-state index is 0.400. The molecule has 14 heteroatoms. The maximum Gasteiger partial charge on any atom is 0.230 e. The number of aryl methyl sites for hydroxylation is 2. The van der Waals surface area contributed by atoms with Crippen LogP contribution in [0.5, 0.6) is 0 Å². The highest BCUT2D eigenvalue weighted by molar-refractivity contribution is 8.03. The number of hydrogen-bond acceptors (Lipinski definition) is 14. The van der Waals surface area contributed by atoms with Crippen molar-refractivity contribution in [1.29, 1.82) is 0 Å². The summed E-state index contributed by atoms with van der Waals surface area (Å²) in [6, 6.07) is 0. The summed E-state index contributed by atoms with van der Waals surface area (Å²) in [5, 5.41) is 9.68. The van der Waals surface area contributed by atoms with Crippen molar-refractivity contribution in [1.82, 2.24) is 25.9 Å². The van der Waals surface area contributed by atoms with Crippen molar-refractivity contribution in [2.45, 2.75) is 371 Å². The van der Waals surface area contributed by atoms with Crippen LogP contribution in [-0.4, -0.2) is 99.8 Å². The summed E-state index contributed by atoms with van der Waals surface area (Å²) < 4.78 is 35.6. The van der Waals surface area contributed by atoms with Crippen LogP contribution < -0.4 is 16.0 Å². The minimum absolute atomic E-state index is 0.400. The molecule has 0 saturated heterocycles. The van der Waals surface area contributed by atoms with Gasteiger partial charge in [-0.05, 0) is 220 Å². The van der Waals surface area contributed by atoms with E-state index in [1.165, 1.54) is 105 Å². The van der Waals surface area contributed by atoms with Gasteiger partial charge >= 0.3 is 0 Å². The lowest BCUT2D eigenvalue weighted by atomic mass is 10.0. The van der Waals surface area contributed by atoms with Crippen molar-refractivity contribution in [3.8, 4) is 0 Å². The van der Waals surface area contributed by atoms with Gasteiger partial charge in [-0.3, -0.25) is 9.97 Å². The number of nitrogens with one attached hydrogen (secondary N) is 3. The Morgan fingerprint density at radius 3 is 0.875 bits per heavy atom. The smallest absolute Gasteiger partial charge is 0.230 e. The highest BCUT2D eigenvalue weighted by Crippen LogP contribution is 2.30. The molecule has 0 unspecified atom stereocenters. The molecule has 0 bridgehead atoms. The summed E-state index contributed by atoms with van der Waals surface area (Å²) in [5.41, 5.74) is 24.0. The molecule has 112 heavy (non-hydrogen) atoms. The summed E-state index contributed by atoms with van der Waals surface area (Å²) in [6.45, 7) is 108. The predicted octanol–water partition coefficient (Wildman–Crippen LogP) is 31.5. The Morgan fingerprint density at radius 1 is 0.321 bits per heavy atom. The lowest BCUT2D eigenvalue weighted by Gasteiger charge is -2.17. The number of thioether (sulfide) groups is 2. The number of ether oxygens (including phenoxy) is 7. The van der Waals surface area contributed by atoms with Crippen LogP contribution in [-0.2, 0) is 33.2 Å². The normalized spacial score (nSPS) is 15.8. The van der Waals surface area contributed by atoms with Crippen molar-refractivity contribution in [2.75, 3.05) is 89.9 Å². The first-order valence-corrected chi connectivity index (χ1v) is 45.9. The summed E-state index contributed by atoms with van der Waals surface area (Å²) in [7, 11) is 0. The second-order valence-corrected chi connectivity index (χ2v) is 26.0. The third-order valence-electron chi connectivity index (χ3n) is 16.5. The Morgan fingerprint density at radius 2 is 0.714 bits per heavy atom. The fourth-order valence-electron chi connectivity index (χ4n) is 7.81. The van der Waals surface area contributed by atoms with Gasteiger partial charge in [0.2, 0.25) is 6.79 Å². The first-order chi connectivity index (χ1) is 53.7. The van der Waals surface area contributed by atoms with E-state index in [-0.39, 0.29) is 0 Å². The van der Waals surface area contributed by atoms with Crippen LogP contribution in [0.25, 0.3) is 0 Å². The standard InChI is InChI=1S/C8H12.C7H10.C6H8N2.C6H11NO.2C6H11N.C6H10O2.2C6H10O.2C6H10S.C5H8O2.12C2H6/c1-7-5-3-4-6-8(7)2;1-6-4-3-5-7(6)2;2*1-5-6(2)8-4-3-7-5;1-5-3-7-4-6(5)2;1-5-3-4-7-6(5)2;1-5-6(2)8-4-3-7-5;1-5-3-7-4-6(5)2;1-5-3-4-7-6(5)2;1-5-3-7-4-6(5)2;1-5-3-4-7-6(5)2;1-4-5(2)7-3-6-4;12*1-2/h3,5H,4,6H2,1-2H3;3-4H,5H2,1-2H3;3-4H,1-2H3;7H,3-4H2,1-2H3;2*7H,3-4H2,1-2H3;3-4H2,1-2H3;4*3-4H2,1-2H3;3H2,1-2H3;12*1-2H3. The Hall–Kier alpha value is -5.28. The first kappa shape index (κ1) is 133. The van der Waals surface area contributed by atoms with Crippen LogP contribution in [0.3, 0.4) is 0 Å². The quantitative estimate of drug-likeness (QED) is 0.213. The van der Waals surface area contributed by atoms with Gasteiger partial charge in [-0.25, -0.2) is 0 Å². The van der Waals surface area contributed by atoms with Crippen molar-refractivity contribution < 1.29 is 33.2 Å². The molecule has 12 rings (SSSR count). The van der Waals surface area contributed by atoms with Gasteiger partial charge in [0.15, 0.2) is 0 Å². The number of allylic oxidation sites excluding steroid dienone is 18. The molecule has 0 saturated carbocycles. The van der Waals surface area contributed by atoms with Crippen LogP contribution in [0, 0.1) is 13.8 Å². The van der Waals surface area contributed by atoms with Gasteiger partial charge in [0, 0.05) is 73.6 Å². The fraction of sp³-hybridized carbons (Fsp3) is 0.694. The predicted molar refractivity (Wildman–Crippen MR) is 516 cm³/mol. The van der Waals surface area contributed by atoms with E-state index in [1.807, 2.05) is 252 Å².